The van der Waals surface area contributed by atoms with Gasteiger partial charge in [0.05, 0.1) is 9.37 Å². The minimum absolute atomic E-state index is 0.164. The number of nitrogens with zero attached hydrogens (tertiary/aromatic N) is 4. The molecular weight excluding hydrogens is 476 g/mol. The lowest BCUT2D eigenvalue weighted by molar-refractivity contribution is 0.383. The molecule has 1 saturated heterocycles. The molecule has 4 rings (SSSR count). The standard InChI is InChI=1S/C20H18BrClN4O2S/c21-18-14-23-20(22)24-19(18)25-10-12-26(13-11-25)29(27,28)17-8-6-16(7-9-17)15-4-2-1-3-5-15/h1-9,14H,10-13H2. The van der Waals surface area contributed by atoms with E-state index in [-0.39, 0.29) is 5.28 Å². The number of anilines is 1. The number of benzene rings is 2. The summed E-state index contributed by atoms with van der Waals surface area (Å²) in [6.45, 7) is 1.79. The smallest absolute Gasteiger partial charge is 0.243 e. The Morgan fingerprint density at radius 2 is 1.52 bits per heavy atom. The van der Waals surface area contributed by atoms with Crippen LogP contribution >= 0.6 is 27.5 Å². The highest BCUT2D eigenvalue weighted by molar-refractivity contribution is 9.10. The molecule has 2 aromatic carbocycles. The van der Waals surface area contributed by atoms with Crippen molar-refractivity contribution in [2.45, 2.75) is 4.90 Å². The summed E-state index contributed by atoms with van der Waals surface area (Å²) in [6, 6.07) is 16.9. The van der Waals surface area contributed by atoms with Crippen molar-refractivity contribution in [1.29, 1.82) is 0 Å². The summed E-state index contributed by atoms with van der Waals surface area (Å²) >= 11 is 9.32. The molecule has 0 N–H and O–H groups in total. The van der Waals surface area contributed by atoms with Crippen molar-refractivity contribution in [3.63, 3.8) is 0 Å². The molecule has 0 atom stereocenters. The minimum atomic E-state index is -3.55. The van der Waals surface area contributed by atoms with Crippen LogP contribution in [-0.4, -0.2) is 48.9 Å². The van der Waals surface area contributed by atoms with Crippen molar-refractivity contribution < 1.29 is 8.42 Å². The number of rotatable bonds is 4. The van der Waals surface area contributed by atoms with Crippen LogP contribution in [0, 0.1) is 0 Å². The Morgan fingerprint density at radius 1 is 0.897 bits per heavy atom. The first-order chi connectivity index (χ1) is 13.9. The van der Waals surface area contributed by atoms with Crippen LogP contribution in [0.5, 0.6) is 0 Å². The predicted molar refractivity (Wildman–Crippen MR) is 118 cm³/mol. The summed E-state index contributed by atoms with van der Waals surface area (Å²) in [5.74, 6) is 0.675. The summed E-state index contributed by atoms with van der Waals surface area (Å²) < 4.78 is 28.3. The number of sulfonamides is 1. The van der Waals surface area contributed by atoms with E-state index in [1.54, 1.807) is 18.3 Å². The number of hydrogen-bond donors (Lipinski definition) is 0. The fourth-order valence-corrected chi connectivity index (χ4v) is 5.29. The van der Waals surface area contributed by atoms with E-state index in [1.165, 1.54) is 4.31 Å². The second-order valence-electron chi connectivity index (χ2n) is 6.59. The molecule has 0 unspecified atom stereocenters. The van der Waals surface area contributed by atoms with Crippen molar-refractivity contribution in [2.24, 2.45) is 0 Å². The van der Waals surface area contributed by atoms with E-state index in [4.69, 9.17) is 11.6 Å². The highest BCUT2D eigenvalue weighted by atomic mass is 79.9. The van der Waals surface area contributed by atoms with Crippen LogP contribution in [0.4, 0.5) is 5.82 Å². The van der Waals surface area contributed by atoms with E-state index in [0.717, 1.165) is 15.6 Å². The predicted octanol–water partition coefficient (Wildman–Crippen LogP) is 4.07. The summed E-state index contributed by atoms with van der Waals surface area (Å²) in [4.78, 5) is 10.5. The van der Waals surface area contributed by atoms with Gasteiger partial charge in [0.2, 0.25) is 15.3 Å². The Labute approximate surface area is 183 Å². The molecule has 6 nitrogen and oxygen atoms in total. The van der Waals surface area contributed by atoms with Gasteiger partial charge < -0.3 is 4.90 Å². The maximum atomic E-state index is 13.1. The molecular formula is C20H18BrClN4O2S. The number of hydrogen-bond acceptors (Lipinski definition) is 5. The van der Waals surface area contributed by atoms with Gasteiger partial charge in [-0.15, -0.1) is 0 Å². The third kappa shape index (κ3) is 4.30. The highest BCUT2D eigenvalue weighted by Crippen LogP contribution is 2.27. The Bertz CT molecular complexity index is 1100. The van der Waals surface area contributed by atoms with Crippen LogP contribution in [0.2, 0.25) is 5.28 Å². The number of halogens is 2. The Hall–Kier alpha value is -2.00. The fourth-order valence-electron chi connectivity index (χ4n) is 3.30. The molecule has 0 saturated carbocycles. The third-order valence-corrected chi connectivity index (χ3v) is 7.49. The maximum absolute atomic E-state index is 13.1. The molecule has 1 aliphatic rings. The first-order valence-electron chi connectivity index (χ1n) is 9.04. The van der Waals surface area contributed by atoms with Gasteiger partial charge in [-0.25, -0.2) is 13.4 Å². The molecule has 29 heavy (non-hydrogen) atoms. The second-order valence-corrected chi connectivity index (χ2v) is 9.72. The number of aromatic nitrogens is 2. The van der Waals surface area contributed by atoms with Crippen LogP contribution in [0.3, 0.4) is 0 Å². The van der Waals surface area contributed by atoms with Gasteiger partial charge in [-0.3, -0.25) is 0 Å². The summed E-state index contributed by atoms with van der Waals surface area (Å²) in [6.07, 6.45) is 1.60. The molecule has 0 spiro atoms. The van der Waals surface area contributed by atoms with E-state index in [1.807, 2.05) is 47.4 Å². The van der Waals surface area contributed by atoms with E-state index < -0.39 is 10.0 Å². The van der Waals surface area contributed by atoms with E-state index in [9.17, 15) is 8.42 Å². The average molecular weight is 494 g/mol. The van der Waals surface area contributed by atoms with Gasteiger partial charge in [-0.1, -0.05) is 42.5 Å². The summed E-state index contributed by atoms with van der Waals surface area (Å²) in [5, 5.41) is 0.164. The van der Waals surface area contributed by atoms with Crippen LogP contribution in [0.1, 0.15) is 0 Å². The van der Waals surface area contributed by atoms with Crippen molar-refractivity contribution in [3.05, 3.63) is 70.6 Å². The number of piperazine rings is 1. The normalized spacial score (nSPS) is 15.4. The summed E-state index contributed by atoms with van der Waals surface area (Å²) in [5.41, 5.74) is 2.04. The molecule has 9 heteroatoms. The zero-order chi connectivity index (χ0) is 20.4. The van der Waals surface area contributed by atoms with Gasteiger partial charge >= 0.3 is 0 Å². The van der Waals surface area contributed by atoms with Crippen LogP contribution in [0.25, 0.3) is 11.1 Å². The Kier molecular flexibility index (Phi) is 5.87. The molecule has 1 fully saturated rings. The lowest BCUT2D eigenvalue weighted by atomic mass is 10.1. The molecule has 2 heterocycles. The first-order valence-corrected chi connectivity index (χ1v) is 11.6. The van der Waals surface area contributed by atoms with E-state index >= 15 is 0 Å². The SMILES string of the molecule is O=S(=O)(c1ccc(-c2ccccc2)cc1)N1CCN(c2nc(Cl)ncc2Br)CC1. The van der Waals surface area contributed by atoms with Crippen molar-refractivity contribution >= 4 is 43.4 Å². The first kappa shape index (κ1) is 20.3. The minimum Gasteiger partial charge on any atom is -0.353 e. The monoisotopic (exact) mass is 492 g/mol. The van der Waals surface area contributed by atoms with Gasteiger partial charge in [0.1, 0.15) is 5.82 Å². The average Bonchev–Trinajstić information content (AvgIpc) is 2.76. The van der Waals surface area contributed by atoms with Gasteiger partial charge in [-0.2, -0.15) is 9.29 Å². The van der Waals surface area contributed by atoms with Gasteiger partial charge in [0, 0.05) is 32.4 Å². The molecule has 0 bridgehead atoms. The quantitative estimate of drug-likeness (QED) is 0.513. The second kappa shape index (κ2) is 8.39. The molecule has 3 aromatic rings. The Balaban J connectivity index is 1.48. The molecule has 1 aromatic heterocycles. The molecule has 0 amide bonds. The van der Waals surface area contributed by atoms with Crippen LogP contribution in [0.15, 0.2) is 70.2 Å². The van der Waals surface area contributed by atoms with Gasteiger partial charge in [0.15, 0.2) is 0 Å². The van der Waals surface area contributed by atoms with Crippen LogP contribution < -0.4 is 4.90 Å². The molecule has 0 aliphatic carbocycles. The van der Waals surface area contributed by atoms with Crippen molar-refractivity contribution in [3.8, 4) is 11.1 Å². The maximum Gasteiger partial charge on any atom is 0.243 e. The van der Waals surface area contributed by atoms with Crippen LogP contribution in [-0.2, 0) is 10.0 Å². The zero-order valence-corrected chi connectivity index (χ0v) is 18.5. The molecule has 150 valence electrons. The zero-order valence-electron chi connectivity index (χ0n) is 15.4. The lowest BCUT2D eigenvalue weighted by Crippen LogP contribution is -2.49. The fraction of sp³-hybridized carbons (Fsp3) is 0.200. The Morgan fingerprint density at radius 3 is 2.17 bits per heavy atom. The highest BCUT2D eigenvalue weighted by Gasteiger charge is 2.29. The lowest BCUT2D eigenvalue weighted by Gasteiger charge is -2.35. The third-order valence-electron chi connectivity index (χ3n) is 4.83. The van der Waals surface area contributed by atoms with Gasteiger partial charge in [-0.05, 0) is 50.8 Å². The molecule has 1 aliphatic heterocycles. The van der Waals surface area contributed by atoms with Gasteiger partial charge in [0.25, 0.3) is 0 Å². The largest absolute Gasteiger partial charge is 0.353 e. The van der Waals surface area contributed by atoms with Crippen molar-refractivity contribution in [1.82, 2.24) is 14.3 Å². The molecule has 0 radical (unpaired) electrons. The topological polar surface area (TPSA) is 66.4 Å². The van der Waals surface area contributed by atoms with E-state index in [0.29, 0.717) is 36.9 Å². The van der Waals surface area contributed by atoms with E-state index in [2.05, 4.69) is 25.9 Å². The van der Waals surface area contributed by atoms with Crippen molar-refractivity contribution in [2.75, 3.05) is 31.1 Å². The summed E-state index contributed by atoms with van der Waals surface area (Å²) in [7, 11) is -3.55.